The minimum Gasteiger partial charge on any atom is -0.367 e. The van der Waals surface area contributed by atoms with Gasteiger partial charge in [0.05, 0.1) is 6.21 Å². The molecule has 8 nitrogen and oxygen atoms in total. The van der Waals surface area contributed by atoms with Crippen LogP contribution in [-0.4, -0.2) is 32.3 Å². The Morgan fingerprint density at radius 1 is 1.27 bits per heavy atom. The van der Waals surface area contributed by atoms with Crippen molar-refractivity contribution in [1.82, 2.24) is 25.6 Å². The van der Waals surface area contributed by atoms with Gasteiger partial charge in [-0.05, 0) is 21.2 Å². The largest absolute Gasteiger partial charge is 0.367 e. The number of hydrogen-bond acceptors (Lipinski definition) is 6. The van der Waals surface area contributed by atoms with E-state index in [4.69, 9.17) is 5.73 Å². The number of rotatable bonds is 4. The number of hydrogen-bond donors (Lipinski definition) is 2. The van der Waals surface area contributed by atoms with Crippen LogP contribution >= 0.6 is 0 Å². The molecule has 3 rings (SSSR count). The highest BCUT2D eigenvalue weighted by molar-refractivity contribution is 5.99. The number of hydrazone groups is 1. The molecule has 3 N–H and O–H groups in total. The number of nitrogens with zero attached hydrogens (tertiary/aromatic N) is 5. The van der Waals surface area contributed by atoms with Crippen molar-refractivity contribution in [2.45, 2.75) is 6.54 Å². The van der Waals surface area contributed by atoms with E-state index in [1.54, 1.807) is 6.21 Å². The molecule has 1 amide bonds. The molecule has 0 unspecified atom stereocenters. The molecule has 1 heterocycles. The topological polar surface area (TPSA) is 111 Å². The van der Waals surface area contributed by atoms with Crippen LogP contribution in [0.3, 0.4) is 0 Å². The number of benzene rings is 2. The van der Waals surface area contributed by atoms with Crippen LogP contribution in [0.4, 0.5) is 5.95 Å². The number of anilines is 1. The van der Waals surface area contributed by atoms with Crippen LogP contribution < -0.4 is 11.2 Å². The summed E-state index contributed by atoms with van der Waals surface area (Å²) < 4.78 is 1.18. The van der Waals surface area contributed by atoms with Crippen molar-refractivity contribution in [2.75, 3.05) is 5.73 Å². The molecule has 0 aliphatic heterocycles. The monoisotopic (exact) mass is 295 g/mol. The molecular weight excluding hydrogens is 282 g/mol. The molecule has 0 fully saturated rings. The van der Waals surface area contributed by atoms with E-state index < -0.39 is 0 Å². The van der Waals surface area contributed by atoms with Gasteiger partial charge in [0.2, 0.25) is 5.95 Å². The fourth-order valence-electron chi connectivity index (χ4n) is 2.03. The molecule has 110 valence electrons. The van der Waals surface area contributed by atoms with Crippen LogP contribution in [0.25, 0.3) is 10.8 Å². The lowest BCUT2D eigenvalue weighted by atomic mass is 10.1. The van der Waals surface area contributed by atoms with Gasteiger partial charge in [-0.25, -0.2) is 10.1 Å². The van der Waals surface area contributed by atoms with Gasteiger partial charge in [0, 0.05) is 5.56 Å². The fourth-order valence-corrected chi connectivity index (χ4v) is 2.03. The van der Waals surface area contributed by atoms with Gasteiger partial charge < -0.3 is 5.73 Å². The molecule has 0 bridgehead atoms. The van der Waals surface area contributed by atoms with Crippen molar-refractivity contribution in [2.24, 2.45) is 5.10 Å². The van der Waals surface area contributed by atoms with Gasteiger partial charge in [0.15, 0.2) is 0 Å². The van der Waals surface area contributed by atoms with E-state index in [9.17, 15) is 4.79 Å². The molecular formula is C14H13N7O. The molecule has 1 aromatic heterocycles. The number of carbonyl (C=O) groups is 1. The minimum atomic E-state index is -0.365. The molecule has 22 heavy (non-hydrogen) atoms. The smallest absolute Gasteiger partial charge is 0.261 e. The lowest BCUT2D eigenvalue weighted by Gasteiger charge is -2.02. The number of tetrazole rings is 1. The van der Waals surface area contributed by atoms with Crippen LogP contribution in [0, 0.1) is 0 Å². The molecule has 8 heteroatoms. The zero-order valence-corrected chi connectivity index (χ0v) is 11.5. The predicted molar refractivity (Wildman–Crippen MR) is 81.9 cm³/mol. The lowest BCUT2D eigenvalue weighted by Crippen LogP contribution is -2.24. The van der Waals surface area contributed by atoms with Crippen molar-refractivity contribution >= 4 is 28.8 Å². The summed E-state index contributed by atoms with van der Waals surface area (Å²) in [6.45, 7) is -0.0916. The summed E-state index contributed by atoms with van der Waals surface area (Å²) in [5.74, 6) is -0.288. The zero-order chi connectivity index (χ0) is 15.4. The van der Waals surface area contributed by atoms with Gasteiger partial charge >= 0.3 is 0 Å². The van der Waals surface area contributed by atoms with Gasteiger partial charge in [-0.1, -0.05) is 47.6 Å². The van der Waals surface area contributed by atoms with Gasteiger partial charge in [-0.15, -0.1) is 0 Å². The quantitative estimate of drug-likeness (QED) is 0.539. The maximum atomic E-state index is 11.7. The number of carbonyl (C=O) groups excluding carboxylic acids is 1. The lowest BCUT2D eigenvalue weighted by molar-refractivity contribution is -0.121. The summed E-state index contributed by atoms with van der Waals surface area (Å²) in [6.07, 6.45) is 1.60. The number of nitrogens with one attached hydrogen (secondary N) is 1. The maximum absolute atomic E-state index is 11.7. The standard InChI is InChI=1S/C14H13N7O/c15-14-18-19-20-21(14)9-13(22)17-16-8-11-6-3-5-10-4-1-2-7-12(10)11/h1-8H,9H2,(H,17,22)(H2,15,18,20)/b16-8+. The second kappa shape index (κ2) is 6.00. The van der Waals surface area contributed by atoms with Crippen molar-refractivity contribution in [3.8, 4) is 0 Å². The van der Waals surface area contributed by atoms with E-state index >= 15 is 0 Å². The first-order valence-electron chi connectivity index (χ1n) is 6.55. The SMILES string of the molecule is Nc1nnnn1CC(=O)N/N=C/c1cccc2ccccc12. The average Bonchev–Trinajstić information content (AvgIpc) is 2.93. The first-order valence-corrected chi connectivity index (χ1v) is 6.55. The van der Waals surface area contributed by atoms with Crippen LogP contribution in [0.5, 0.6) is 0 Å². The summed E-state index contributed by atoms with van der Waals surface area (Å²) in [6, 6.07) is 13.8. The normalized spacial score (nSPS) is 11.1. The highest BCUT2D eigenvalue weighted by atomic mass is 16.2. The van der Waals surface area contributed by atoms with Gasteiger partial charge in [-0.2, -0.15) is 5.10 Å². The molecule has 0 radical (unpaired) electrons. The Labute approximate surface area is 125 Å². The number of aromatic nitrogens is 4. The van der Waals surface area contributed by atoms with Crippen LogP contribution in [-0.2, 0) is 11.3 Å². The van der Waals surface area contributed by atoms with E-state index in [2.05, 4.69) is 26.1 Å². The van der Waals surface area contributed by atoms with Crippen molar-refractivity contribution in [1.29, 1.82) is 0 Å². The predicted octanol–water partition coefficient (Wildman–Crippen LogP) is 0.559. The summed E-state index contributed by atoms with van der Waals surface area (Å²) in [4.78, 5) is 11.7. The van der Waals surface area contributed by atoms with Crippen LogP contribution in [0.15, 0.2) is 47.6 Å². The summed E-state index contributed by atoms with van der Waals surface area (Å²) in [5, 5.41) is 16.6. The number of nitrogens with two attached hydrogens (primary N) is 1. The highest BCUT2D eigenvalue weighted by Gasteiger charge is 2.06. The second-order valence-corrected chi connectivity index (χ2v) is 4.56. The molecule has 2 aromatic carbocycles. The third kappa shape index (κ3) is 2.90. The number of amides is 1. The van der Waals surface area contributed by atoms with Crippen molar-refractivity contribution in [3.05, 3.63) is 48.0 Å². The van der Waals surface area contributed by atoms with Crippen LogP contribution in [0.1, 0.15) is 5.56 Å². The Morgan fingerprint density at radius 2 is 2.09 bits per heavy atom. The summed E-state index contributed by atoms with van der Waals surface area (Å²) >= 11 is 0. The van der Waals surface area contributed by atoms with E-state index in [1.165, 1.54) is 4.68 Å². The Balaban J connectivity index is 1.69. The average molecular weight is 295 g/mol. The molecule has 0 spiro atoms. The molecule has 0 aliphatic rings. The van der Waals surface area contributed by atoms with E-state index in [0.29, 0.717) is 0 Å². The zero-order valence-electron chi connectivity index (χ0n) is 11.5. The molecule has 0 atom stereocenters. The van der Waals surface area contributed by atoms with Gasteiger partial charge in [-0.3, -0.25) is 4.79 Å². The van der Waals surface area contributed by atoms with Crippen molar-refractivity contribution < 1.29 is 4.79 Å². The third-order valence-electron chi connectivity index (χ3n) is 3.07. The first kappa shape index (κ1) is 13.7. The molecule has 0 aliphatic carbocycles. The Kier molecular flexibility index (Phi) is 3.73. The maximum Gasteiger partial charge on any atom is 0.261 e. The fraction of sp³-hybridized carbons (Fsp3) is 0.0714. The van der Waals surface area contributed by atoms with E-state index in [-0.39, 0.29) is 18.4 Å². The molecule has 0 saturated heterocycles. The minimum absolute atomic E-state index is 0.0770. The summed E-state index contributed by atoms with van der Waals surface area (Å²) in [7, 11) is 0. The van der Waals surface area contributed by atoms with Gasteiger partial charge in [0.1, 0.15) is 6.54 Å². The number of nitrogen functional groups attached to an aromatic ring is 1. The summed E-state index contributed by atoms with van der Waals surface area (Å²) in [5.41, 5.74) is 8.82. The Morgan fingerprint density at radius 3 is 2.91 bits per heavy atom. The highest BCUT2D eigenvalue weighted by Crippen LogP contribution is 2.16. The second-order valence-electron chi connectivity index (χ2n) is 4.56. The van der Waals surface area contributed by atoms with Gasteiger partial charge in [0.25, 0.3) is 5.91 Å². The molecule has 3 aromatic rings. The van der Waals surface area contributed by atoms with E-state index in [1.807, 2.05) is 42.5 Å². The third-order valence-corrected chi connectivity index (χ3v) is 3.07. The number of fused-ring (bicyclic) bond motifs is 1. The van der Waals surface area contributed by atoms with E-state index in [0.717, 1.165) is 16.3 Å². The molecule has 0 saturated carbocycles. The Hall–Kier alpha value is -3.29. The van der Waals surface area contributed by atoms with Crippen molar-refractivity contribution in [3.63, 3.8) is 0 Å². The first-order chi connectivity index (χ1) is 10.7. The Bertz CT molecular complexity index is 835. The van der Waals surface area contributed by atoms with Crippen LogP contribution in [0.2, 0.25) is 0 Å².